The highest BCUT2D eigenvalue weighted by molar-refractivity contribution is 5.78. The molecule has 4 heteroatoms. The number of nitrogens with two attached hydrogens (primary N) is 1. The summed E-state index contributed by atoms with van der Waals surface area (Å²) < 4.78 is 0. The molecule has 0 aromatic rings. The molecule has 4 nitrogen and oxygen atoms in total. The standard InChI is InChI=1S/C11H24N2O2/c1-5-13(8-11(3,4)15)10(14)9(2)6-7-12/h9,15H,5-8,12H2,1-4H3. The van der Waals surface area contributed by atoms with Gasteiger partial charge in [-0.2, -0.15) is 0 Å². The maximum atomic E-state index is 11.9. The van der Waals surface area contributed by atoms with Gasteiger partial charge in [-0.05, 0) is 33.7 Å². The number of nitrogens with zero attached hydrogens (tertiary/aromatic N) is 1. The summed E-state index contributed by atoms with van der Waals surface area (Å²) in [6.07, 6.45) is 0.696. The number of carbonyl (C=O) groups is 1. The van der Waals surface area contributed by atoms with E-state index >= 15 is 0 Å². The van der Waals surface area contributed by atoms with E-state index in [2.05, 4.69) is 0 Å². The summed E-state index contributed by atoms with van der Waals surface area (Å²) in [6, 6.07) is 0. The van der Waals surface area contributed by atoms with Crippen LogP contribution in [0.15, 0.2) is 0 Å². The van der Waals surface area contributed by atoms with Crippen LogP contribution in [0.3, 0.4) is 0 Å². The Morgan fingerprint density at radius 3 is 2.40 bits per heavy atom. The number of carbonyl (C=O) groups excluding carboxylic acids is 1. The van der Waals surface area contributed by atoms with Gasteiger partial charge in [-0.25, -0.2) is 0 Å². The Labute approximate surface area is 92.4 Å². The molecule has 0 bridgehead atoms. The van der Waals surface area contributed by atoms with Crippen LogP contribution in [0, 0.1) is 5.92 Å². The van der Waals surface area contributed by atoms with Crippen LogP contribution in [0.25, 0.3) is 0 Å². The quantitative estimate of drug-likeness (QED) is 0.683. The third-order valence-corrected chi connectivity index (χ3v) is 2.29. The summed E-state index contributed by atoms with van der Waals surface area (Å²) >= 11 is 0. The molecule has 0 heterocycles. The Hall–Kier alpha value is -0.610. The maximum absolute atomic E-state index is 11.9. The molecule has 15 heavy (non-hydrogen) atoms. The third kappa shape index (κ3) is 5.74. The Kier molecular flexibility index (Phi) is 5.83. The maximum Gasteiger partial charge on any atom is 0.225 e. The first-order chi connectivity index (χ1) is 6.81. The smallest absolute Gasteiger partial charge is 0.225 e. The fourth-order valence-corrected chi connectivity index (χ4v) is 1.50. The van der Waals surface area contributed by atoms with Gasteiger partial charge >= 0.3 is 0 Å². The minimum absolute atomic E-state index is 0.0581. The first-order valence-corrected chi connectivity index (χ1v) is 5.53. The molecule has 0 saturated carbocycles. The second kappa shape index (κ2) is 6.08. The molecular weight excluding hydrogens is 192 g/mol. The van der Waals surface area contributed by atoms with Crippen molar-refractivity contribution in [3.63, 3.8) is 0 Å². The van der Waals surface area contributed by atoms with E-state index in [0.29, 0.717) is 26.1 Å². The zero-order chi connectivity index (χ0) is 12.1. The number of likely N-dealkylation sites (N-methyl/N-ethyl adjacent to an activating group) is 1. The third-order valence-electron chi connectivity index (χ3n) is 2.29. The Morgan fingerprint density at radius 2 is 2.07 bits per heavy atom. The molecule has 0 aromatic heterocycles. The second-order valence-electron chi connectivity index (χ2n) is 4.64. The van der Waals surface area contributed by atoms with Crippen molar-refractivity contribution in [2.45, 2.75) is 39.7 Å². The fraction of sp³-hybridized carbons (Fsp3) is 0.909. The summed E-state index contributed by atoms with van der Waals surface area (Å²) in [5.41, 5.74) is 4.58. The first kappa shape index (κ1) is 14.4. The highest BCUT2D eigenvalue weighted by Gasteiger charge is 2.24. The van der Waals surface area contributed by atoms with E-state index in [0.717, 1.165) is 0 Å². The zero-order valence-corrected chi connectivity index (χ0v) is 10.3. The van der Waals surface area contributed by atoms with E-state index in [9.17, 15) is 9.90 Å². The van der Waals surface area contributed by atoms with Crippen molar-refractivity contribution in [3.8, 4) is 0 Å². The molecular formula is C11H24N2O2. The molecule has 0 saturated heterocycles. The summed E-state index contributed by atoms with van der Waals surface area (Å²) in [7, 11) is 0. The van der Waals surface area contributed by atoms with Crippen LogP contribution in [0.1, 0.15) is 34.1 Å². The molecule has 0 aliphatic heterocycles. The van der Waals surface area contributed by atoms with Gasteiger partial charge in [0.1, 0.15) is 0 Å². The molecule has 0 fully saturated rings. The van der Waals surface area contributed by atoms with Crippen LogP contribution in [0.4, 0.5) is 0 Å². The number of hydrogen-bond acceptors (Lipinski definition) is 3. The van der Waals surface area contributed by atoms with Crippen LogP contribution >= 0.6 is 0 Å². The van der Waals surface area contributed by atoms with E-state index in [1.54, 1.807) is 18.7 Å². The average molecular weight is 216 g/mol. The average Bonchev–Trinajstić information content (AvgIpc) is 2.12. The molecule has 0 radical (unpaired) electrons. The van der Waals surface area contributed by atoms with Gasteiger partial charge in [0.15, 0.2) is 0 Å². The molecule has 0 aliphatic carbocycles. The molecule has 3 N–H and O–H groups in total. The van der Waals surface area contributed by atoms with Gasteiger partial charge in [0.05, 0.1) is 5.60 Å². The Bertz CT molecular complexity index is 199. The van der Waals surface area contributed by atoms with Crippen LogP contribution in [-0.4, -0.2) is 41.1 Å². The van der Waals surface area contributed by atoms with Gasteiger partial charge in [-0.15, -0.1) is 0 Å². The van der Waals surface area contributed by atoms with Gasteiger partial charge < -0.3 is 15.7 Å². The number of aliphatic hydroxyl groups is 1. The Balaban J connectivity index is 4.34. The van der Waals surface area contributed by atoms with Crippen molar-refractivity contribution in [1.82, 2.24) is 4.90 Å². The van der Waals surface area contributed by atoms with Crippen molar-refractivity contribution in [3.05, 3.63) is 0 Å². The van der Waals surface area contributed by atoms with Gasteiger partial charge in [-0.1, -0.05) is 6.92 Å². The molecule has 90 valence electrons. The predicted octanol–water partition coefficient (Wildman–Crippen LogP) is 0.591. The van der Waals surface area contributed by atoms with E-state index in [1.165, 1.54) is 0 Å². The highest BCUT2D eigenvalue weighted by atomic mass is 16.3. The predicted molar refractivity (Wildman–Crippen MR) is 61.4 cm³/mol. The van der Waals surface area contributed by atoms with Crippen molar-refractivity contribution >= 4 is 5.91 Å². The van der Waals surface area contributed by atoms with Gasteiger partial charge in [0, 0.05) is 19.0 Å². The molecule has 0 rings (SSSR count). The van der Waals surface area contributed by atoms with Crippen LogP contribution in [0.2, 0.25) is 0 Å². The Morgan fingerprint density at radius 1 is 1.53 bits per heavy atom. The largest absolute Gasteiger partial charge is 0.389 e. The molecule has 1 unspecified atom stereocenters. The van der Waals surface area contributed by atoms with Gasteiger partial charge in [0.25, 0.3) is 0 Å². The van der Waals surface area contributed by atoms with Crippen LogP contribution in [-0.2, 0) is 4.79 Å². The fourth-order valence-electron chi connectivity index (χ4n) is 1.50. The van der Waals surface area contributed by atoms with Crippen molar-refractivity contribution in [2.75, 3.05) is 19.6 Å². The molecule has 0 aliphatic rings. The molecule has 0 spiro atoms. The lowest BCUT2D eigenvalue weighted by Gasteiger charge is -2.30. The van der Waals surface area contributed by atoms with E-state index < -0.39 is 5.60 Å². The summed E-state index contributed by atoms with van der Waals surface area (Å²) in [6.45, 7) is 8.72. The van der Waals surface area contributed by atoms with E-state index in [1.807, 2.05) is 13.8 Å². The minimum atomic E-state index is -0.839. The zero-order valence-electron chi connectivity index (χ0n) is 10.3. The van der Waals surface area contributed by atoms with E-state index in [4.69, 9.17) is 5.73 Å². The molecule has 1 amide bonds. The highest BCUT2D eigenvalue weighted by Crippen LogP contribution is 2.10. The topological polar surface area (TPSA) is 66.6 Å². The van der Waals surface area contributed by atoms with Crippen LogP contribution in [0.5, 0.6) is 0 Å². The van der Waals surface area contributed by atoms with Crippen LogP contribution < -0.4 is 5.73 Å². The van der Waals surface area contributed by atoms with Gasteiger partial charge in [-0.3, -0.25) is 4.79 Å². The summed E-state index contributed by atoms with van der Waals surface area (Å²) in [4.78, 5) is 13.6. The first-order valence-electron chi connectivity index (χ1n) is 5.53. The lowest BCUT2D eigenvalue weighted by molar-refractivity contribution is -0.137. The minimum Gasteiger partial charge on any atom is -0.389 e. The second-order valence-corrected chi connectivity index (χ2v) is 4.64. The monoisotopic (exact) mass is 216 g/mol. The van der Waals surface area contributed by atoms with Crippen molar-refractivity contribution in [2.24, 2.45) is 11.7 Å². The van der Waals surface area contributed by atoms with Crippen molar-refractivity contribution in [1.29, 1.82) is 0 Å². The number of amides is 1. The molecule has 0 aromatic carbocycles. The van der Waals surface area contributed by atoms with Crippen molar-refractivity contribution < 1.29 is 9.90 Å². The summed E-state index contributed by atoms with van der Waals surface area (Å²) in [5.74, 6) is 0.0161. The normalized spacial score (nSPS) is 13.7. The van der Waals surface area contributed by atoms with Gasteiger partial charge in [0.2, 0.25) is 5.91 Å². The summed E-state index contributed by atoms with van der Waals surface area (Å²) in [5, 5.41) is 9.66. The molecule has 1 atom stereocenters. The number of rotatable bonds is 6. The lowest BCUT2D eigenvalue weighted by atomic mass is 10.0. The SMILES string of the molecule is CCN(CC(C)(C)O)C(=O)C(C)CCN. The lowest BCUT2D eigenvalue weighted by Crippen LogP contribution is -2.44. The van der Waals surface area contributed by atoms with E-state index in [-0.39, 0.29) is 11.8 Å². The number of hydrogen-bond donors (Lipinski definition) is 2.